The fraction of sp³-hybridized carbons (Fsp3) is 0.211. The molecule has 2 aromatic carbocycles. The Bertz CT molecular complexity index is 1050. The van der Waals surface area contributed by atoms with Crippen molar-refractivity contribution in [3.63, 3.8) is 0 Å². The number of ether oxygens (including phenoxy) is 2. The van der Waals surface area contributed by atoms with Crippen LogP contribution in [-0.2, 0) is 15.4 Å². The van der Waals surface area contributed by atoms with Gasteiger partial charge in [0, 0.05) is 9.37 Å². The summed E-state index contributed by atoms with van der Waals surface area (Å²) in [6.07, 6.45) is 1.44. The van der Waals surface area contributed by atoms with Crippen molar-refractivity contribution in [2.45, 2.75) is 17.7 Å². The van der Waals surface area contributed by atoms with Gasteiger partial charge in [-0.25, -0.2) is 23.2 Å². The molecule has 3 rings (SSSR count). The molecule has 152 valence electrons. The predicted molar refractivity (Wildman–Crippen MR) is 110 cm³/mol. The van der Waals surface area contributed by atoms with E-state index in [1.54, 1.807) is 25.1 Å². The highest BCUT2D eigenvalue weighted by Gasteiger charge is 2.11. The van der Waals surface area contributed by atoms with Crippen molar-refractivity contribution in [2.24, 2.45) is 0 Å². The van der Waals surface area contributed by atoms with E-state index in [4.69, 9.17) is 9.47 Å². The number of carbonyl (C=O) groups excluding carboxylic acids is 1. The summed E-state index contributed by atoms with van der Waals surface area (Å²) in [4.78, 5) is 24.4. The Balaban J connectivity index is 1.63. The van der Waals surface area contributed by atoms with Crippen molar-refractivity contribution in [3.8, 4) is 11.4 Å². The lowest BCUT2D eigenvalue weighted by molar-refractivity contribution is -0.145. The Hall–Kier alpha value is -2.59. The molecule has 7 nitrogen and oxygen atoms in total. The zero-order valence-corrected chi connectivity index (χ0v) is 17.8. The summed E-state index contributed by atoms with van der Waals surface area (Å²) in [6, 6.07) is 11.6. The molecule has 3 aromatic rings. The molecule has 0 spiro atoms. The SMILES string of the molecule is CCOC(=O)COc1ccc(SCn2ncn(-c3ccc(Br)cc3)c2=O)cc1F. The van der Waals surface area contributed by atoms with Crippen molar-refractivity contribution in [1.29, 1.82) is 0 Å². The lowest BCUT2D eigenvalue weighted by Gasteiger charge is -2.08. The van der Waals surface area contributed by atoms with Gasteiger partial charge in [-0.05, 0) is 49.4 Å². The molecule has 0 aliphatic carbocycles. The number of hydrogen-bond acceptors (Lipinski definition) is 6. The Kier molecular flexibility index (Phi) is 7.10. The smallest absolute Gasteiger partial charge is 0.351 e. The Morgan fingerprint density at radius 1 is 1.24 bits per heavy atom. The van der Waals surface area contributed by atoms with E-state index in [1.807, 2.05) is 12.1 Å². The van der Waals surface area contributed by atoms with Crippen LogP contribution in [0.1, 0.15) is 6.92 Å². The number of rotatable bonds is 8. The van der Waals surface area contributed by atoms with Gasteiger partial charge in [0.05, 0.1) is 18.2 Å². The molecule has 0 amide bonds. The molecule has 0 unspecified atom stereocenters. The van der Waals surface area contributed by atoms with Crippen LogP contribution in [0.5, 0.6) is 5.75 Å². The maximum atomic E-state index is 14.2. The molecule has 1 aromatic heterocycles. The van der Waals surface area contributed by atoms with Crippen LogP contribution in [0, 0.1) is 5.82 Å². The summed E-state index contributed by atoms with van der Waals surface area (Å²) in [7, 11) is 0. The number of aromatic nitrogens is 3. The largest absolute Gasteiger partial charge is 0.479 e. The summed E-state index contributed by atoms with van der Waals surface area (Å²) >= 11 is 4.60. The second kappa shape index (κ2) is 9.75. The van der Waals surface area contributed by atoms with E-state index < -0.39 is 11.8 Å². The van der Waals surface area contributed by atoms with Crippen LogP contribution in [0.2, 0.25) is 0 Å². The Morgan fingerprint density at radius 3 is 2.69 bits per heavy atom. The van der Waals surface area contributed by atoms with Crippen LogP contribution in [0.25, 0.3) is 5.69 Å². The Labute approximate surface area is 178 Å². The third kappa shape index (κ3) is 5.48. The lowest BCUT2D eigenvalue weighted by atomic mass is 10.3. The maximum absolute atomic E-state index is 14.2. The van der Waals surface area contributed by atoms with E-state index in [1.165, 1.54) is 39.5 Å². The summed E-state index contributed by atoms with van der Waals surface area (Å²) in [5.41, 5.74) is 0.401. The third-order valence-corrected chi connectivity index (χ3v) is 5.24. The van der Waals surface area contributed by atoms with Gasteiger partial charge in [0.2, 0.25) is 0 Å². The summed E-state index contributed by atoms with van der Waals surface area (Å²) < 4.78 is 27.6. The van der Waals surface area contributed by atoms with Crippen LogP contribution < -0.4 is 10.4 Å². The van der Waals surface area contributed by atoms with Gasteiger partial charge < -0.3 is 9.47 Å². The zero-order valence-electron chi connectivity index (χ0n) is 15.4. The van der Waals surface area contributed by atoms with Gasteiger partial charge in [0.15, 0.2) is 18.2 Å². The summed E-state index contributed by atoms with van der Waals surface area (Å²) in [5, 5.41) is 4.10. The van der Waals surface area contributed by atoms with E-state index in [2.05, 4.69) is 21.0 Å². The normalized spacial score (nSPS) is 10.7. The summed E-state index contributed by atoms with van der Waals surface area (Å²) in [6.45, 7) is 1.55. The Morgan fingerprint density at radius 2 is 2.00 bits per heavy atom. The van der Waals surface area contributed by atoms with Crippen molar-refractivity contribution < 1.29 is 18.7 Å². The quantitative estimate of drug-likeness (QED) is 0.361. The number of benzene rings is 2. The summed E-state index contributed by atoms with van der Waals surface area (Å²) in [5.74, 6) is -0.998. The number of hydrogen-bond donors (Lipinski definition) is 0. The van der Waals surface area contributed by atoms with Crippen molar-refractivity contribution in [2.75, 3.05) is 13.2 Å². The minimum atomic E-state index is -0.605. The first-order valence-corrected chi connectivity index (χ1v) is 10.4. The molecule has 0 N–H and O–H groups in total. The molecule has 0 aliphatic heterocycles. The molecule has 0 bridgehead atoms. The second-order valence-electron chi connectivity index (χ2n) is 5.72. The standard InChI is InChI=1S/C19H17BrFN3O4S/c1-2-27-18(25)10-28-17-8-7-15(9-16(17)21)29-12-24-19(26)23(11-22-24)14-5-3-13(20)4-6-14/h3-9,11H,2,10,12H2,1H3. The highest BCUT2D eigenvalue weighted by molar-refractivity contribution is 9.10. The minimum Gasteiger partial charge on any atom is -0.479 e. The zero-order chi connectivity index (χ0) is 20.8. The molecule has 0 saturated carbocycles. The van der Waals surface area contributed by atoms with Gasteiger partial charge in [0.25, 0.3) is 0 Å². The average molecular weight is 482 g/mol. The first-order valence-electron chi connectivity index (χ1n) is 8.59. The molecule has 10 heteroatoms. The van der Waals surface area contributed by atoms with E-state index in [0.29, 0.717) is 10.6 Å². The van der Waals surface area contributed by atoms with Gasteiger partial charge in [-0.2, -0.15) is 5.10 Å². The van der Waals surface area contributed by atoms with Gasteiger partial charge in [0.1, 0.15) is 6.33 Å². The van der Waals surface area contributed by atoms with Crippen LogP contribution in [0.4, 0.5) is 4.39 Å². The van der Waals surface area contributed by atoms with Crippen LogP contribution in [0.3, 0.4) is 0 Å². The van der Waals surface area contributed by atoms with Gasteiger partial charge >= 0.3 is 11.7 Å². The first-order chi connectivity index (χ1) is 14.0. The average Bonchev–Trinajstić information content (AvgIpc) is 3.07. The van der Waals surface area contributed by atoms with Gasteiger partial charge in [-0.15, -0.1) is 11.8 Å². The molecule has 1 heterocycles. The fourth-order valence-electron chi connectivity index (χ4n) is 2.37. The van der Waals surface area contributed by atoms with Gasteiger partial charge in [-0.1, -0.05) is 15.9 Å². The molecular weight excluding hydrogens is 465 g/mol. The van der Waals surface area contributed by atoms with E-state index in [-0.39, 0.29) is 30.5 Å². The molecule has 29 heavy (non-hydrogen) atoms. The topological polar surface area (TPSA) is 75.3 Å². The van der Waals surface area contributed by atoms with Crippen molar-refractivity contribution in [1.82, 2.24) is 14.3 Å². The van der Waals surface area contributed by atoms with E-state index in [0.717, 1.165) is 4.47 Å². The monoisotopic (exact) mass is 481 g/mol. The van der Waals surface area contributed by atoms with E-state index in [9.17, 15) is 14.0 Å². The van der Waals surface area contributed by atoms with Crippen LogP contribution >= 0.6 is 27.7 Å². The lowest BCUT2D eigenvalue weighted by Crippen LogP contribution is -2.23. The highest BCUT2D eigenvalue weighted by Crippen LogP contribution is 2.25. The van der Waals surface area contributed by atoms with Crippen molar-refractivity contribution >= 4 is 33.7 Å². The fourth-order valence-corrected chi connectivity index (χ4v) is 3.43. The molecule has 0 fully saturated rings. The number of carbonyl (C=O) groups is 1. The minimum absolute atomic E-state index is 0.0425. The number of esters is 1. The molecule has 0 aliphatic rings. The number of thioether (sulfide) groups is 1. The molecule has 0 atom stereocenters. The van der Waals surface area contributed by atoms with E-state index >= 15 is 0 Å². The third-order valence-electron chi connectivity index (χ3n) is 3.75. The first kappa shape index (κ1) is 21.1. The molecule has 0 saturated heterocycles. The maximum Gasteiger partial charge on any atom is 0.351 e. The van der Waals surface area contributed by atoms with Crippen molar-refractivity contribution in [3.05, 3.63) is 69.6 Å². The highest BCUT2D eigenvalue weighted by atomic mass is 79.9. The molecule has 0 radical (unpaired) electrons. The number of halogens is 2. The van der Waals surface area contributed by atoms with Crippen LogP contribution in [-0.4, -0.2) is 33.5 Å². The molecular formula is C19H17BrFN3O4S. The second-order valence-corrected chi connectivity index (χ2v) is 7.65. The van der Waals surface area contributed by atoms with Crippen LogP contribution in [0.15, 0.2) is 63.0 Å². The van der Waals surface area contributed by atoms with Gasteiger partial charge in [-0.3, -0.25) is 0 Å². The predicted octanol–water partition coefficient (Wildman–Crippen LogP) is 3.63. The number of nitrogens with zero attached hydrogens (tertiary/aromatic N) is 3.